The van der Waals surface area contributed by atoms with Crippen LogP contribution < -0.4 is 24.8 Å². The van der Waals surface area contributed by atoms with E-state index < -0.39 is 0 Å². The second kappa shape index (κ2) is 7.79. The number of fused-ring (bicyclic) bond motifs is 1. The van der Waals surface area contributed by atoms with Gasteiger partial charge in [-0.2, -0.15) is 0 Å². The van der Waals surface area contributed by atoms with Crippen LogP contribution in [0.1, 0.15) is 11.1 Å². The maximum absolute atomic E-state index is 12.2. The Morgan fingerprint density at radius 1 is 1.20 bits per heavy atom. The van der Waals surface area contributed by atoms with Crippen molar-refractivity contribution in [1.29, 1.82) is 0 Å². The SMILES string of the molecule is COc1ccc(CNC(=O)N[C@H]2COc3ccccc3C2)c(OC)c1. The van der Waals surface area contributed by atoms with Gasteiger partial charge in [-0.15, -0.1) is 0 Å². The van der Waals surface area contributed by atoms with Gasteiger partial charge in [-0.1, -0.05) is 18.2 Å². The van der Waals surface area contributed by atoms with Crippen LogP contribution in [0.4, 0.5) is 4.79 Å². The summed E-state index contributed by atoms with van der Waals surface area (Å²) in [5, 5.41) is 5.81. The molecule has 3 rings (SSSR count). The first kappa shape index (κ1) is 17.0. The van der Waals surface area contributed by atoms with Crippen molar-refractivity contribution < 1.29 is 19.0 Å². The van der Waals surface area contributed by atoms with Crippen molar-refractivity contribution in [3.05, 3.63) is 53.6 Å². The molecule has 0 bridgehead atoms. The molecule has 2 amide bonds. The number of nitrogens with one attached hydrogen (secondary N) is 2. The molecule has 0 radical (unpaired) electrons. The average molecular weight is 342 g/mol. The van der Waals surface area contributed by atoms with Gasteiger partial charge in [-0.25, -0.2) is 4.79 Å². The van der Waals surface area contributed by atoms with Gasteiger partial charge in [-0.3, -0.25) is 0 Å². The van der Waals surface area contributed by atoms with Gasteiger partial charge in [0, 0.05) is 18.2 Å². The number of carbonyl (C=O) groups is 1. The Labute approximate surface area is 147 Å². The van der Waals surface area contributed by atoms with Crippen LogP contribution in [0.2, 0.25) is 0 Å². The first-order valence-electron chi connectivity index (χ1n) is 8.15. The van der Waals surface area contributed by atoms with E-state index in [0.29, 0.717) is 24.7 Å². The molecule has 1 atom stereocenters. The quantitative estimate of drug-likeness (QED) is 0.876. The molecule has 2 aromatic carbocycles. The number of rotatable bonds is 5. The molecular weight excluding hydrogens is 320 g/mol. The van der Waals surface area contributed by atoms with E-state index in [0.717, 1.165) is 23.3 Å². The molecule has 6 nitrogen and oxygen atoms in total. The van der Waals surface area contributed by atoms with Gasteiger partial charge in [-0.05, 0) is 30.2 Å². The fourth-order valence-corrected chi connectivity index (χ4v) is 2.83. The van der Waals surface area contributed by atoms with Gasteiger partial charge in [0.15, 0.2) is 0 Å². The number of amides is 2. The van der Waals surface area contributed by atoms with Gasteiger partial charge in [0.05, 0.1) is 20.3 Å². The first-order valence-corrected chi connectivity index (χ1v) is 8.15. The number of para-hydroxylation sites is 1. The maximum atomic E-state index is 12.2. The molecule has 2 aromatic rings. The summed E-state index contributed by atoms with van der Waals surface area (Å²) in [6, 6.07) is 13.1. The molecule has 2 N–H and O–H groups in total. The van der Waals surface area contributed by atoms with E-state index in [2.05, 4.69) is 10.6 Å². The number of methoxy groups -OCH3 is 2. The molecular formula is C19H22N2O4. The van der Waals surface area contributed by atoms with E-state index in [1.54, 1.807) is 20.3 Å². The predicted molar refractivity (Wildman–Crippen MR) is 94.3 cm³/mol. The summed E-state index contributed by atoms with van der Waals surface area (Å²) in [7, 11) is 3.19. The Hall–Kier alpha value is -2.89. The van der Waals surface area contributed by atoms with Crippen LogP contribution in [-0.4, -0.2) is 32.9 Å². The summed E-state index contributed by atoms with van der Waals surface area (Å²) in [5.74, 6) is 2.28. The number of hydrogen-bond acceptors (Lipinski definition) is 4. The van der Waals surface area contributed by atoms with Crippen molar-refractivity contribution in [2.24, 2.45) is 0 Å². The minimum Gasteiger partial charge on any atom is -0.497 e. The molecule has 0 unspecified atom stereocenters. The van der Waals surface area contributed by atoms with Crippen LogP contribution >= 0.6 is 0 Å². The van der Waals surface area contributed by atoms with Gasteiger partial charge >= 0.3 is 6.03 Å². The van der Waals surface area contributed by atoms with Crippen molar-refractivity contribution >= 4 is 6.03 Å². The van der Waals surface area contributed by atoms with Gasteiger partial charge in [0.2, 0.25) is 0 Å². The lowest BCUT2D eigenvalue weighted by atomic mass is 10.0. The summed E-state index contributed by atoms with van der Waals surface area (Å²) in [6.45, 7) is 0.833. The van der Waals surface area contributed by atoms with Crippen LogP contribution in [0.5, 0.6) is 17.2 Å². The van der Waals surface area contributed by atoms with Crippen molar-refractivity contribution in [1.82, 2.24) is 10.6 Å². The zero-order valence-corrected chi connectivity index (χ0v) is 14.4. The zero-order chi connectivity index (χ0) is 17.6. The lowest BCUT2D eigenvalue weighted by molar-refractivity contribution is 0.214. The van der Waals surface area contributed by atoms with Crippen LogP contribution in [-0.2, 0) is 13.0 Å². The lowest BCUT2D eigenvalue weighted by Crippen LogP contribution is -2.47. The van der Waals surface area contributed by atoms with Crippen molar-refractivity contribution in [2.75, 3.05) is 20.8 Å². The van der Waals surface area contributed by atoms with Crippen molar-refractivity contribution in [3.63, 3.8) is 0 Å². The number of hydrogen-bond donors (Lipinski definition) is 2. The zero-order valence-electron chi connectivity index (χ0n) is 14.4. The Morgan fingerprint density at radius 3 is 2.84 bits per heavy atom. The molecule has 0 aliphatic carbocycles. The van der Waals surface area contributed by atoms with Gasteiger partial charge in [0.1, 0.15) is 23.9 Å². The van der Waals surface area contributed by atoms with E-state index >= 15 is 0 Å². The highest BCUT2D eigenvalue weighted by atomic mass is 16.5. The highest BCUT2D eigenvalue weighted by Crippen LogP contribution is 2.25. The van der Waals surface area contributed by atoms with E-state index in [-0.39, 0.29) is 12.1 Å². The summed E-state index contributed by atoms with van der Waals surface area (Å²) in [4.78, 5) is 12.2. The van der Waals surface area contributed by atoms with E-state index in [1.807, 2.05) is 36.4 Å². The van der Waals surface area contributed by atoms with Gasteiger partial charge < -0.3 is 24.8 Å². The molecule has 1 heterocycles. The van der Waals surface area contributed by atoms with E-state index in [1.165, 1.54) is 0 Å². The number of benzene rings is 2. The average Bonchev–Trinajstić information content (AvgIpc) is 2.66. The molecule has 6 heteroatoms. The molecule has 0 aromatic heterocycles. The molecule has 132 valence electrons. The monoisotopic (exact) mass is 342 g/mol. The molecule has 1 aliphatic rings. The van der Waals surface area contributed by atoms with Crippen molar-refractivity contribution in [3.8, 4) is 17.2 Å². The molecule has 25 heavy (non-hydrogen) atoms. The van der Waals surface area contributed by atoms with Crippen LogP contribution in [0.25, 0.3) is 0 Å². The van der Waals surface area contributed by atoms with Crippen LogP contribution in [0.3, 0.4) is 0 Å². The third-order valence-electron chi connectivity index (χ3n) is 4.15. The Morgan fingerprint density at radius 2 is 2.04 bits per heavy atom. The maximum Gasteiger partial charge on any atom is 0.315 e. The minimum absolute atomic E-state index is 0.0485. The summed E-state index contributed by atoms with van der Waals surface area (Å²) in [5.41, 5.74) is 1.99. The third-order valence-corrected chi connectivity index (χ3v) is 4.15. The fraction of sp³-hybridized carbons (Fsp3) is 0.316. The third kappa shape index (κ3) is 4.15. The lowest BCUT2D eigenvalue weighted by Gasteiger charge is -2.26. The normalized spacial score (nSPS) is 15.5. The highest BCUT2D eigenvalue weighted by molar-refractivity contribution is 5.74. The largest absolute Gasteiger partial charge is 0.497 e. The summed E-state index contributed by atoms with van der Waals surface area (Å²) >= 11 is 0. The highest BCUT2D eigenvalue weighted by Gasteiger charge is 2.21. The Balaban J connectivity index is 1.54. The smallest absolute Gasteiger partial charge is 0.315 e. The Kier molecular flexibility index (Phi) is 5.28. The molecule has 0 saturated carbocycles. The van der Waals surface area contributed by atoms with Gasteiger partial charge in [0.25, 0.3) is 0 Å². The number of ether oxygens (including phenoxy) is 3. The van der Waals surface area contributed by atoms with Crippen molar-refractivity contribution in [2.45, 2.75) is 19.0 Å². The van der Waals surface area contributed by atoms with Crippen LogP contribution in [0.15, 0.2) is 42.5 Å². The summed E-state index contributed by atoms with van der Waals surface area (Å²) < 4.78 is 16.2. The molecule has 1 aliphatic heterocycles. The number of carbonyl (C=O) groups excluding carboxylic acids is 1. The van der Waals surface area contributed by atoms with E-state index in [9.17, 15) is 4.79 Å². The Bertz CT molecular complexity index is 748. The molecule has 0 spiro atoms. The standard InChI is InChI=1S/C19H22N2O4/c1-23-16-8-7-14(18(10-16)24-2)11-20-19(22)21-15-9-13-5-3-4-6-17(13)25-12-15/h3-8,10,15H,9,11-12H2,1-2H3,(H2,20,21,22)/t15-/m1/s1. The first-order chi connectivity index (χ1) is 12.2. The topological polar surface area (TPSA) is 68.8 Å². The van der Waals surface area contributed by atoms with E-state index in [4.69, 9.17) is 14.2 Å². The molecule has 0 saturated heterocycles. The second-order valence-electron chi connectivity index (χ2n) is 5.82. The second-order valence-corrected chi connectivity index (χ2v) is 5.82. The van der Waals surface area contributed by atoms with Crippen LogP contribution in [0, 0.1) is 0 Å². The fourth-order valence-electron chi connectivity index (χ4n) is 2.83. The minimum atomic E-state index is -0.231. The molecule has 0 fully saturated rings. The predicted octanol–water partition coefficient (Wildman–Crippen LogP) is 2.51. The summed E-state index contributed by atoms with van der Waals surface area (Å²) in [6.07, 6.45) is 0.759. The number of urea groups is 1.